The summed E-state index contributed by atoms with van der Waals surface area (Å²) >= 11 is 5.82. The Labute approximate surface area is 124 Å². The number of rotatable bonds is 3. The van der Waals surface area contributed by atoms with E-state index >= 15 is 0 Å². The van der Waals surface area contributed by atoms with Crippen LogP contribution in [0.2, 0.25) is 5.02 Å². The third kappa shape index (κ3) is 3.97. The van der Waals surface area contributed by atoms with Gasteiger partial charge in [-0.15, -0.1) is 0 Å². The smallest absolute Gasteiger partial charge is 0.225 e. The van der Waals surface area contributed by atoms with Crippen LogP contribution in [0.4, 0.5) is 0 Å². The highest BCUT2D eigenvalue weighted by molar-refractivity contribution is 6.30. The van der Waals surface area contributed by atoms with Crippen LogP contribution < -0.4 is 5.32 Å². The van der Waals surface area contributed by atoms with Gasteiger partial charge in [0.2, 0.25) is 11.8 Å². The number of hydrogen-bond acceptors (Lipinski definition) is 2. The van der Waals surface area contributed by atoms with Crippen LogP contribution in [-0.2, 0) is 16.1 Å². The lowest BCUT2D eigenvalue weighted by Crippen LogP contribution is -2.44. The fourth-order valence-corrected chi connectivity index (χ4v) is 2.54. The molecule has 1 aromatic carbocycles. The maximum Gasteiger partial charge on any atom is 0.225 e. The summed E-state index contributed by atoms with van der Waals surface area (Å²) in [6, 6.07) is 7.40. The third-order valence-corrected chi connectivity index (χ3v) is 3.87. The van der Waals surface area contributed by atoms with Gasteiger partial charge in [-0.2, -0.15) is 0 Å². The number of halogens is 1. The first-order valence-electron chi connectivity index (χ1n) is 6.84. The molecule has 1 fully saturated rings. The van der Waals surface area contributed by atoms with E-state index in [1.54, 1.807) is 24.0 Å². The van der Waals surface area contributed by atoms with Crippen LogP contribution in [0.1, 0.15) is 25.3 Å². The minimum Gasteiger partial charge on any atom is -0.352 e. The summed E-state index contributed by atoms with van der Waals surface area (Å²) in [5, 5.41) is 3.61. The highest BCUT2D eigenvalue weighted by atomic mass is 35.5. The van der Waals surface area contributed by atoms with Gasteiger partial charge in [0.05, 0.1) is 5.92 Å². The van der Waals surface area contributed by atoms with Crippen molar-refractivity contribution in [2.75, 3.05) is 13.1 Å². The van der Waals surface area contributed by atoms with Crippen molar-refractivity contribution >= 4 is 23.4 Å². The van der Waals surface area contributed by atoms with Gasteiger partial charge in [0.15, 0.2) is 0 Å². The average molecular weight is 295 g/mol. The first-order chi connectivity index (χ1) is 9.56. The highest BCUT2D eigenvalue weighted by Crippen LogP contribution is 2.17. The molecule has 0 aromatic heterocycles. The molecule has 1 heterocycles. The number of nitrogens with one attached hydrogen (secondary N) is 1. The molecule has 1 aliphatic heterocycles. The Morgan fingerprint density at radius 3 is 2.70 bits per heavy atom. The monoisotopic (exact) mass is 294 g/mol. The number of carbonyl (C=O) groups is 2. The molecular weight excluding hydrogens is 276 g/mol. The van der Waals surface area contributed by atoms with Crippen LogP contribution in [0, 0.1) is 5.92 Å². The number of nitrogens with zero attached hydrogens (tertiary/aromatic N) is 1. The number of piperidine rings is 1. The van der Waals surface area contributed by atoms with Crippen molar-refractivity contribution in [2.24, 2.45) is 5.92 Å². The summed E-state index contributed by atoms with van der Waals surface area (Å²) in [7, 11) is 0. The summed E-state index contributed by atoms with van der Waals surface area (Å²) in [5.74, 6) is -0.0361. The van der Waals surface area contributed by atoms with Gasteiger partial charge in [-0.1, -0.05) is 23.7 Å². The minimum atomic E-state index is -0.0973. The molecule has 0 aliphatic carbocycles. The summed E-state index contributed by atoms with van der Waals surface area (Å²) in [5.41, 5.74) is 1.02. The van der Waals surface area contributed by atoms with E-state index in [1.807, 2.05) is 12.1 Å². The van der Waals surface area contributed by atoms with Gasteiger partial charge in [-0.05, 0) is 30.5 Å². The zero-order valence-electron chi connectivity index (χ0n) is 11.6. The molecule has 0 spiro atoms. The molecule has 1 aromatic rings. The number of carbonyl (C=O) groups excluding carboxylic acids is 2. The molecule has 1 unspecified atom stereocenters. The fraction of sp³-hybridized carbons (Fsp3) is 0.467. The maximum atomic E-state index is 12.1. The van der Waals surface area contributed by atoms with E-state index < -0.39 is 0 Å². The van der Waals surface area contributed by atoms with E-state index in [0.717, 1.165) is 24.9 Å². The average Bonchev–Trinajstić information content (AvgIpc) is 2.46. The molecule has 108 valence electrons. The molecule has 0 saturated carbocycles. The second kappa shape index (κ2) is 6.75. The minimum absolute atomic E-state index is 0.0194. The number of amides is 2. The van der Waals surface area contributed by atoms with Crippen LogP contribution in [-0.4, -0.2) is 29.8 Å². The normalized spacial score (nSPS) is 18.7. The van der Waals surface area contributed by atoms with Crippen LogP contribution >= 0.6 is 11.6 Å². The topological polar surface area (TPSA) is 49.4 Å². The molecular formula is C15H19ClN2O2. The van der Waals surface area contributed by atoms with Crippen molar-refractivity contribution < 1.29 is 9.59 Å². The lowest BCUT2D eigenvalue weighted by Gasteiger charge is -2.31. The molecule has 1 aliphatic rings. The van der Waals surface area contributed by atoms with Gasteiger partial charge in [-0.3, -0.25) is 9.59 Å². The Hall–Kier alpha value is -1.55. The summed E-state index contributed by atoms with van der Waals surface area (Å²) < 4.78 is 0. The summed E-state index contributed by atoms with van der Waals surface area (Å²) in [4.78, 5) is 25.2. The summed E-state index contributed by atoms with van der Waals surface area (Å²) in [6.07, 6.45) is 1.73. The Kier molecular flexibility index (Phi) is 5.01. The molecule has 5 heteroatoms. The van der Waals surface area contributed by atoms with E-state index in [-0.39, 0.29) is 17.7 Å². The zero-order chi connectivity index (χ0) is 14.5. The molecule has 0 radical (unpaired) electrons. The molecule has 20 heavy (non-hydrogen) atoms. The second-order valence-electron chi connectivity index (χ2n) is 5.15. The van der Waals surface area contributed by atoms with Gasteiger partial charge in [0.1, 0.15) is 0 Å². The lowest BCUT2D eigenvalue weighted by atomic mass is 9.97. The maximum absolute atomic E-state index is 12.1. The highest BCUT2D eigenvalue weighted by Gasteiger charge is 2.26. The van der Waals surface area contributed by atoms with Crippen molar-refractivity contribution in [1.82, 2.24) is 10.2 Å². The number of benzene rings is 1. The Morgan fingerprint density at radius 2 is 2.05 bits per heavy atom. The lowest BCUT2D eigenvalue weighted by molar-refractivity contribution is -0.134. The van der Waals surface area contributed by atoms with E-state index in [2.05, 4.69) is 5.32 Å². The Morgan fingerprint density at radius 1 is 1.35 bits per heavy atom. The largest absolute Gasteiger partial charge is 0.352 e. The Balaban J connectivity index is 1.85. The van der Waals surface area contributed by atoms with Crippen molar-refractivity contribution in [3.63, 3.8) is 0 Å². The van der Waals surface area contributed by atoms with Crippen molar-refractivity contribution in [2.45, 2.75) is 26.3 Å². The predicted molar refractivity (Wildman–Crippen MR) is 78.3 cm³/mol. The molecule has 1 atom stereocenters. The van der Waals surface area contributed by atoms with Crippen molar-refractivity contribution in [1.29, 1.82) is 0 Å². The van der Waals surface area contributed by atoms with Gasteiger partial charge >= 0.3 is 0 Å². The van der Waals surface area contributed by atoms with Gasteiger partial charge < -0.3 is 10.2 Å². The van der Waals surface area contributed by atoms with Gasteiger partial charge in [-0.25, -0.2) is 0 Å². The van der Waals surface area contributed by atoms with E-state index in [9.17, 15) is 9.59 Å². The molecule has 1 N–H and O–H groups in total. The first kappa shape index (κ1) is 14.9. The van der Waals surface area contributed by atoms with Crippen molar-refractivity contribution in [3.8, 4) is 0 Å². The SMILES string of the molecule is CC(=O)N1CCCC(C(=O)NCc2ccc(Cl)cc2)C1. The standard InChI is InChI=1S/C15H19ClN2O2/c1-11(19)18-8-2-3-13(10-18)15(20)17-9-12-4-6-14(16)7-5-12/h4-7,13H,2-3,8-10H2,1H3,(H,17,20). The fourth-order valence-electron chi connectivity index (χ4n) is 2.41. The van der Waals surface area contributed by atoms with E-state index in [0.29, 0.717) is 18.1 Å². The van der Waals surface area contributed by atoms with Crippen LogP contribution in [0.25, 0.3) is 0 Å². The molecule has 2 rings (SSSR count). The molecule has 4 nitrogen and oxygen atoms in total. The van der Waals surface area contributed by atoms with E-state index in [4.69, 9.17) is 11.6 Å². The molecule has 2 amide bonds. The first-order valence-corrected chi connectivity index (χ1v) is 7.21. The zero-order valence-corrected chi connectivity index (χ0v) is 12.3. The van der Waals surface area contributed by atoms with Crippen molar-refractivity contribution in [3.05, 3.63) is 34.9 Å². The molecule has 0 bridgehead atoms. The predicted octanol–water partition coefficient (Wildman–Crippen LogP) is 2.21. The van der Waals surface area contributed by atoms with Crippen LogP contribution in [0.3, 0.4) is 0 Å². The van der Waals surface area contributed by atoms with Gasteiger partial charge in [0.25, 0.3) is 0 Å². The number of likely N-dealkylation sites (tertiary alicyclic amines) is 1. The van der Waals surface area contributed by atoms with Gasteiger partial charge in [0, 0.05) is 31.6 Å². The quantitative estimate of drug-likeness (QED) is 0.929. The van der Waals surface area contributed by atoms with E-state index in [1.165, 1.54) is 0 Å². The van der Waals surface area contributed by atoms with Crippen LogP contribution in [0.15, 0.2) is 24.3 Å². The molecule has 1 saturated heterocycles. The third-order valence-electron chi connectivity index (χ3n) is 3.62. The number of hydrogen-bond donors (Lipinski definition) is 1. The second-order valence-corrected chi connectivity index (χ2v) is 5.58. The van der Waals surface area contributed by atoms with Crippen LogP contribution in [0.5, 0.6) is 0 Å². The summed E-state index contributed by atoms with van der Waals surface area (Å²) in [6.45, 7) is 3.33. The Bertz CT molecular complexity index is 487.